The van der Waals surface area contributed by atoms with E-state index in [0.29, 0.717) is 29.6 Å². The van der Waals surface area contributed by atoms with Crippen LogP contribution in [-0.2, 0) is 0 Å². The molecule has 0 bridgehead atoms. The molecule has 0 radical (unpaired) electrons. The first kappa shape index (κ1) is 19.8. The van der Waals surface area contributed by atoms with E-state index in [1.165, 1.54) is 30.6 Å². The zero-order valence-corrected chi connectivity index (χ0v) is 16.8. The van der Waals surface area contributed by atoms with Gasteiger partial charge >= 0.3 is 0 Å². The third kappa shape index (κ3) is 5.08. The van der Waals surface area contributed by atoms with Crippen molar-refractivity contribution in [1.29, 1.82) is 0 Å². The number of aryl methyl sites for hydroxylation is 1. The van der Waals surface area contributed by atoms with Crippen molar-refractivity contribution in [2.75, 3.05) is 13.2 Å². The molecular formula is C21H28N2O3S. The number of carbonyl (C=O) groups excluding carboxylic acids is 1. The molecule has 27 heavy (non-hydrogen) atoms. The molecule has 0 saturated heterocycles. The third-order valence-electron chi connectivity index (χ3n) is 5.08. The fraction of sp³-hybridized carbons (Fsp3) is 0.524. The van der Waals surface area contributed by atoms with E-state index in [0.717, 1.165) is 29.2 Å². The molecule has 146 valence electrons. The van der Waals surface area contributed by atoms with Gasteiger partial charge in [0, 0.05) is 12.1 Å². The monoisotopic (exact) mass is 388 g/mol. The number of nitrogens with one attached hydrogen (secondary N) is 1. The largest absolute Gasteiger partial charge is 0.494 e. The molecule has 1 aliphatic carbocycles. The zero-order chi connectivity index (χ0) is 19.2. The standard InChI is InChI=1S/C21H28N2O3S/c1-3-26-17-11-9-16(10-12-17)21-23-14(2)19(27-21)20(25)22-13-18(24)15-7-5-4-6-8-15/h9-12,15,18,24H,3-8,13H2,1-2H3,(H,22,25). The van der Waals surface area contributed by atoms with Crippen LogP contribution in [0.15, 0.2) is 24.3 Å². The first-order valence-electron chi connectivity index (χ1n) is 9.75. The Morgan fingerprint density at radius 3 is 2.67 bits per heavy atom. The van der Waals surface area contributed by atoms with E-state index in [1.807, 2.05) is 38.1 Å². The normalized spacial score (nSPS) is 16.1. The van der Waals surface area contributed by atoms with Crippen LogP contribution in [0.2, 0.25) is 0 Å². The minimum atomic E-state index is -0.465. The molecule has 6 heteroatoms. The molecule has 1 aliphatic rings. The van der Waals surface area contributed by atoms with Gasteiger partial charge in [-0.3, -0.25) is 4.79 Å². The number of hydrogen-bond acceptors (Lipinski definition) is 5. The van der Waals surface area contributed by atoms with Crippen molar-refractivity contribution < 1.29 is 14.6 Å². The molecule has 1 aromatic carbocycles. The van der Waals surface area contributed by atoms with E-state index in [1.54, 1.807) is 0 Å². The number of aliphatic hydroxyl groups is 1. The number of amides is 1. The minimum Gasteiger partial charge on any atom is -0.494 e. The fourth-order valence-corrected chi connectivity index (χ4v) is 4.54. The van der Waals surface area contributed by atoms with Gasteiger partial charge in [-0.1, -0.05) is 19.3 Å². The van der Waals surface area contributed by atoms with E-state index in [2.05, 4.69) is 10.3 Å². The van der Waals surface area contributed by atoms with Gasteiger partial charge in [-0.05, 0) is 56.9 Å². The molecule has 2 N–H and O–H groups in total. The topological polar surface area (TPSA) is 71.5 Å². The second kappa shape index (κ2) is 9.33. The van der Waals surface area contributed by atoms with Crippen molar-refractivity contribution in [3.8, 4) is 16.3 Å². The van der Waals surface area contributed by atoms with E-state index >= 15 is 0 Å². The van der Waals surface area contributed by atoms with Gasteiger partial charge in [-0.25, -0.2) is 4.98 Å². The summed E-state index contributed by atoms with van der Waals surface area (Å²) in [6.45, 7) is 4.74. The summed E-state index contributed by atoms with van der Waals surface area (Å²) in [5.74, 6) is 0.974. The number of aromatic nitrogens is 1. The molecule has 1 unspecified atom stereocenters. The van der Waals surface area contributed by atoms with Crippen LogP contribution in [0.4, 0.5) is 0 Å². The highest BCUT2D eigenvalue weighted by Gasteiger charge is 2.23. The van der Waals surface area contributed by atoms with Gasteiger partial charge < -0.3 is 15.2 Å². The molecule has 1 amide bonds. The lowest BCUT2D eigenvalue weighted by atomic mass is 9.85. The van der Waals surface area contributed by atoms with Gasteiger partial charge in [0.1, 0.15) is 15.6 Å². The fourth-order valence-electron chi connectivity index (χ4n) is 3.55. The lowest BCUT2D eigenvalue weighted by Crippen LogP contribution is -2.37. The van der Waals surface area contributed by atoms with Crippen LogP contribution in [-0.4, -0.2) is 35.3 Å². The Balaban J connectivity index is 1.62. The van der Waals surface area contributed by atoms with Crippen LogP contribution in [0.3, 0.4) is 0 Å². The molecule has 1 fully saturated rings. The SMILES string of the molecule is CCOc1ccc(-c2nc(C)c(C(=O)NCC(O)C3CCCCC3)s2)cc1. The molecule has 2 aromatic rings. The van der Waals surface area contributed by atoms with Crippen LogP contribution >= 0.6 is 11.3 Å². The summed E-state index contributed by atoms with van der Waals surface area (Å²) in [5.41, 5.74) is 1.68. The number of thiazole rings is 1. The lowest BCUT2D eigenvalue weighted by molar-refractivity contribution is 0.0740. The van der Waals surface area contributed by atoms with E-state index in [-0.39, 0.29) is 5.91 Å². The van der Waals surface area contributed by atoms with Crippen molar-refractivity contribution >= 4 is 17.2 Å². The predicted octanol–water partition coefficient (Wildman–Crippen LogP) is 4.19. The Morgan fingerprint density at radius 2 is 2.00 bits per heavy atom. The average Bonchev–Trinajstić information content (AvgIpc) is 3.09. The van der Waals surface area contributed by atoms with E-state index < -0.39 is 6.10 Å². The molecule has 1 saturated carbocycles. The summed E-state index contributed by atoms with van der Waals surface area (Å²) >= 11 is 1.38. The van der Waals surface area contributed by atoms with Gasteiger partial charge in [0.05, 0.1) is 18.4 Å². The van der Waals surface area contributed by atoms with Gasteiger partial charge in [0.25, 0.3) is 5.91 Å². The van der Waals surface area contributed by atoms with Crippen LogP contribution in [0, 0.1) is 12.8 Å². The highest BCUT2D eigenvalue weighted by Crippen LogP contribution is 2.30. The second-order valence-corrected chi connectivity index (χ2v) is 8.07. The van der Waals surface area contributed by atoms with Crippen LogP contribution in [0.25, 0.3) is 10.6 Å². The number of carbonyl (C=O) groups is 1. The van der Waals surface area contributed by atoms with Crippen molar-refractivity contribution in [3.05, 3.63) is 34.8 Å². The molecule has 0 aliphatic heterocycles. The first-order chi connectivity index (χ1) is 13.1. The molecule has 3 rings (SSSR count). The maximum atomic E-state index is 12.6. The number of benzene rings is 1. The number of hydrogen-bond donors (Lipinski definition) is 2. The minimum absolute atomic E-state index is 0.156. The van der Waals surface area contributed by atoms with Gasteiger partial charge in [0.15, 0.2) is 0 Å². The Kier molecular flexibility index (Phi) is 6.85. The first-order valence-corrected chi connectivity index (χ1v) is 10.6. The summed E-state index contributed by atoms with van der Waals surface area (Å²) < 4.78 is 5.46. The van der Waals surface area contributed by atoms with Gasteiger partial charge in [0.2, 0.25) is 0 Å². The summed E-state index contributed by atoms with van der Waals surface area (Å²) in [5, 5.41) is 14.1. The summed E-state index contributed by atoms with van der Waals surface area (Å²) in [6, 6.07) is 7.74. The average molecular weight is 389 g/mol. The summed E-state index contributed by atoms with van der Waals surface area (Å²) in [7, 11) is 0. The molecule has 1 atom stereocenters. The maximum Gasteiger partial charge on any atom is 0.263 e. The number of nitrogens with zero attached hydrogens (tertiary/aromatic N) is 1. The van der Waals surface area contributed by atoms with Gasteiger partial charge in [-0.2, -0.15) is 0 Å². The maximum absolute atomic E-state index is 12.6. The number of aliphatic hydroxyl groups excluding tert-OH is 1. The van der Waals surface area contributed by atoms with Crippen molar-refractivity contribution in [1.82, 2.24) is 10.3 Å². The molecule has 1 heterocycles. The highest BCUT2D eigenvalue weighted by atomic mass is 32.1. The van der Waals surface area contributed by atoms with Crippen LogP contribution in [0.1, 0.15) is 54.4 Å². The Bertz CT molecular complexity index is 751. The smallest absolute Gasteiger partial charge is 0.263 e. The third-order valence-corrected chi connectivity index (χ3v) is 6.29. The highest BCUT2D eigenvalue weighted by molar-refractivity contribution is 7.17. The molecule has 1 aromatic heterocycles. The quantitative estimate of drug-likeness (QED) is 0.746. The van der Waals surface area contributed by atoms with Crippen LogP contribution in [0.5, 0.6) is 5.75 Å². The van der Waals surface area contributed by atoms with Crippen molar-refractivity contribution in [2.24, 2.45) is 5.92 Å². The predicted molar refractivity (Wildman–Crippen MR) is 108 cm³/mol. The lowest BCUT2D eigenvalue weighted by Gasteiger charge is -2.26. The second-order valence-electron chi connectivity index (χ2n) is 7.07. The summed E-state index contributed by atoms with van der Waals surface area (Å²) in [6.07, 6.45) is 5.25. The van der Waals surface area contributed by atoms with Crippen molar-refractivity contribution in [3.63, 3.8) is 0 Å². The van der Waals surface area contributed by atoms with E-state index in [4.69, 9.17) is 4.74 Å². The number of rotatable bonds is 7. The summed E-state index contributed by atoms with van der Waals surface area (Å²) in [4.78, 5) is 17.7. The Morgan fingerprint density at radius 1 is 1.30 bits per heavy atom. The Hall–Kier alpha value is -1.92. The molecule has 0 spiro atoms. The van der Waals surface area contributed by atoms with Crippen LogP contribution < -0.4 is 10.1 Å². The zero-order valence-electron chi connectivity index (χ0n) is 16.0. The van der Waals surface area contributed by atoms with Crippen molar-refractivity contribution in [2.45, 2.75) is 52.1 Å². The Labute approximate surface area is 164 Å². The molecular weight excluding hydrogens is 360 g/mol. The van der Waals surface area contributed by atoms with Gasteiger partial charge in [-0.15, -0.1) is 11.3 Å². The molecule has 5 nitrogen and oxygen atoms in total. The number of ether oxygens (including phenoxy) is 1. The van der Waals surface area contributed by atoms with E-state index in [9.17, 15) is 9.90 Å².